The molecule has 1 unspecified atom stereocenters. The topological polar surface area (TPSA) is 119 Å². The van der Waals surface area contributed by atoms with Gasteiger partial charge in [0.05, 0.1) is 4.92 Å². The van der Waals surface area contributed by atoms with Crippen molar-refractivity contribution in [3.05, 3.63) is 16.3 Å². The van der Waals surface area contributed by atoms with Gasteiger partial charge in [0.25, 0.3) is 0 Å². The first-order chi connectivity index (χ1) is 8.60. The highest BCUT2D eigenvalue weighted by Crippen LogP contribution is 2.34. The van der Waals surface area contributed by atoms with Crippen LogP contribution in [0.2, 0.25) is 0 Å². The maximum atomic E-state index is 10.9. The molecule has 4 N–H and O–H groups in total. The normalized spacial score (nSPS) is 16.1. The van der Waals surface area contributed by atoms with Crippen LogP contribution in [0, 0.1) is 16.0 Å². The zero-order valence-corrected chi connectivity index (χ0v) is 10.1. The summed E-state index contributed by atoms with van der Waals surface area (Å²) in [5, 5.41) is 13.9. The number of nitro groups is 1. The summed E-state index contributed by atoms with van der Waals surface area (Å²) in [5.74, 6) is 6.29. The minimum Gasteiger partial charge on any atom is -0.362 e. The quantitative estimate of drug-likeness (QED) is 0.396. The maximum absolute atomic E-state index is 10.9. The molecule has 18 heavy (non-hydrogen) atoms. The lowest BCUT2D eigenvalue weighted by molar-refractivity contribution is -0.384. The SMILES string of the molecule is CC(CC1CC1)Nc1nc(NN)ncc1[N+](=O)[O-]. The van der Waals surface area contributed by atoms with Gasteiger partial charge in [-0.2, -0.15) is 4.98 Å². The molecule has 98 valence electrons. The summed E-state index contributed by atoms with van der Waals surface area (Å²) in [6, 6.07) is 0.136. The predicted octanol–water partition coefficient (Wildman–Crippen LogP) is 1.27. The van der Waals surface area contributed by atoms with Gasteiger partial charge in [-0.1, -0.05) is 12.8 Å². The third-order valence-corrected chi connectivity index (χ3v) is 2.86. The predicted molar refractivity (Wildman–Crippen MR) is 66.9 cm³/mol. The number of nitrogens with two attached hydrogens (primary N) is 1. The van der Waals surface area contributed by atoms with E-state index in [1.54, 1.807) is 0 Å². The van der Waals surface area contributed by atoms with Crippen molar-refractivity contribution in [3.63, 3.8) is 0 Å². The van der Waals surface area contributed by atoms with E-state index in [0.717, 1.165) is 18.5 Å². The molecule has 0 radical (unpaired) electrons. The molecule has 1 aromatic heterocycles. The number of rotatable bonds is 6. The number of hydrazine groups is 1. The maximum Gasteiger partial charge on any atom is 0.329 e. The lowest BCUT2D eigenvalue weighted by Crippen LogP contribution is -2.19. The van der Waals surface area contributed by atoms with E-state index in [1.165, 1.54) is 12.8 Å². The minimum absolute atomic E-state index is 0.136. The number of nitrogen functional groups attached to an aromatic ring is 1. The molecular formula is C10H16N6O2. The summed E-state index contributed by atoms with van der Waals surface area (Å²) in [6.07, 6.45) is 4.63. The van der Waals surface area contributed by atoms with Gasteiger partial charge in [0.1, 0.15) is 6.20 Å². The van der Waals surface area contributed by atoms with E-state index in [1.807, 2.05) is 6.92 Å². The number of aromatic nitrogens is 2. The summed E-state index contributed by atoms with van der Waals surface area (Å²) in [7, 11) is 0. The molecule has 1 atom stereocenters. The van der Waals surface area contributed by atoms with Crippen LogP contribution in [0.15, 0.2) is 6.20 Å². The van der Waals surface area contributed by atoms with Crippen LogP contribution >= 0.6 is 0 Å². The molecule has 8 heteroatoms. The largest absolute Gasteiger partial charge is 0.362 e. The Balaban J connectivity index is 2.14. The Bertz CT molecular complexity index is 448. The Kier molecular flexibility index (Phi) is 3.56. The van der Waals surface area contributed by atoms with Gasteiger partial charge in [0, 0.05) is 6.04 Å². The van der Waals surface area contributed by atoms with E-state index in [2.05, 4.69) is 20.7 Å². The van der Waals surface area contributed by atoms with Crippen molar-refractivity contribution >= 4 is 17.5 Å². The summed E-state index contributed by atoms with van der Waals surface area (Å²) in [6.45, 7) is 1.99. The molecule has 1 aromatic rings. The molecule has 1 heterocycles. The van der Waals surface area contributed by atoms with Gasteiger partial charge in [-0.05, 0) is 19.3 Å². The number of anilines is 2. The number of nitrogens with one attached hydrogen (secondary N) is 2. The lowest BCUT2D eigenvalue weighted by Gasteiger charge is -2.14. The third-order valence-electron chi connectivity index (χ3n) is 2.86. The van der Waals surface area contributed by atoms with Crippen molar-refractivity contribution in [3.8, 4) is 0 Å². The van der Waals surface area contributed by atoms with E-state index < -0.39 is 4.92 Å². The molecule has 0 aliphatic heterocycles. The number of hydrogen-bond donors (Lipinski definition) is 3. The average molecular weight is 252 g/mol. The fraction of sp³-hybridized carbons (Fsp3) is 0.600. The van der Waals surface area contributed by atoms with Gasteiger partial charge < -0.3 is 5.32 Å². The number of nitrogens with zero attached hydrogens (tertiary/aromatic N) is 3. The number of hydrogen-bond acceptors (Lipinski definition) is 7. The Hall–Kier alpha value is -1.96. The Morgan fingerprint density at radius 2 is 2.39 bits per heavy atom. The molecule has 0 bridgehead atoms. The van der Waals surface area contributed by atoms with Crippen LogP contribution in [0.5, 0.6) is 0 Å². The van der Waals surface area contributed by atoms with E-state index in [-0.39, 0.29) is 23.5 Å². The lowest BCUT2D eigenvalue weighted by atomic mass is 10.1. The van der Waals surface area contributed by atoms with E-state index in [4.69, 9.17) is 5.84 Å². The Morgan fingerprint density at radius 3 is 2.94 bits per heavy atom. The second-order valence-corrected chi connectivity index (χ2v) is 4.55. The summed E-state index contributed by atoms with van der Waals surface area (Å²) in [4.78, 5) is 18.1. The van der Waals surface area contributed by atoms with Crippen molar-refractivity contribution in [1.29, 1.82) is 0 Å². The van der Waals surface area contributed by atoms with Gasteiger partial charge >= 0.3 is 5.69 Å². The molecular weight excluding hydrogens is 236 g/mol. The fourth-order valence-electron chi connectivity index (χ4n) is 1.83. The van der Waals surface area contributed by atoms with Gasteiger partial charge in [-0.3, -0.25) is 15.5 Å². The third kappa shape index (κ3) is 3.04. The van der Waals surface area contributed by atoms with E-state index in [9.17, 15) is 10.1 Å². The first-order valence-corrected chi connectivity index (χ1v) is 5.84. The molecule has 1 fully saturated rings. The molecule has 0 saturated heterocycles. The smallest absolute Gasteiger partial charge is 0.329 e. The molecule has 1 aliphatic rings. The van der Waals surface area contributed by atoms with E-state index in [0.29, 0.717) is 0 Å². The average Bonchev–Trinajstić information content (AvgIpc) is 3.12. The Morgan fingerprint density at radius 1 is 1.67 bits per heavy atom. The van der Waals surface area contributed by atoms with Gasteiger partial charge in [0.2, 0.25) is 11.8 Å². The van der Waals surface area contributed by atoms with Crippen LogP contribution in [0.4, 0.5) is 17.5 Å². The van der Waals surface area contributed by atoms with Crippen molar-refractivity contribution in [2.24, 2.45) is 11.8 Å². The van der Waals surface area contributed by atoms with Crippen LogP contribution < -0.4 is 16.6 Å². The van der Waals surface area contributed by atoms with Crippen LogP contribution in [-0.4, -0.2) is 20.9 Å². The highest BCUT2D eigenvalue weighted by atomic mass is 16.6. The van der Waals surface area contributed by atoms with Crippen LogP contribution in [0.1, 0.15) is 26.2 Å². The Labute approximate surface area is 104 Å². The van der Waals surface area contributed by atoms with E-state index >= 15 is 0 Å². The molecule has 1 aliphatic carbocycles. The van der Waals surface area contributed by atoms with Gasteiger partial charge in [0.15, 0.2) is 0 Å². The van der Waals surface area contributed by atoms with Gasteiger partial charge in [-0.15, -0.1) is 0 Å². The highest BCUT2D eigenvalue weighted by molar-refractivity contribution is 5.57. The monoisotopic (exact) mass is 252 g/mol. The first-order valence-electron chi connectivity index (χ1n) is 5.84. The van der Waals surface area contributed by atoms with Gasteiger partial charge in [-0.25, -0.2) is 10.8 Å². The first kappa shape index (κ1) is 12.5. The van der Waals surface area contributed by atoms with Crippen molar-refractivity contribution in [2.45, 2.75) is 32.2 Å². The minimum atomic E-state index is -0.507. The van der Waals surface area contributed by atoms with Crippen molar-refractivity contribution in [1.82, 2.24) is 9.97 Å². The second kappa shape index (κ2) is 5.13. The standard InChI is InChI=1S/C10H16N6O2/c1-6(4-7-2-3-7)13-9-8(16(17)18)5-12-10(14-9)15-11/h5-7H,2-4,11H2,1H3,(H2,12,13,14,15). The van der Waals surface area contributed by atoms with Crippen LogP contribution in [0.3, 0.4) is 0 Å². The van der Waals surface area contributed by atoms with Crippen LogP contribution in [0.25, 0.3) is 0 Å². The molecule has 2 rings (SSSR count). The molecule has 0 amide bonds. The summed E-state index contributed by atoms with van der Waals surface area (Å²) in [5.41, 5.74) is 2.13. The molecule has 0 spiro atoms. The summed E-state index contributed by atoms with van der Waals surface area (Å²) < 4.78 is 0. The zero-order chi connectivity index (χ0) is 13.1. The van der Waals surface area contributed by atoms with Crippen molar-refractivity contribution < 1.29 is 4.92 Å². The zero-order valence-electron chi connectivity index (χ0n) is 10.1. The summed E-state index contributed by atoms with van der Waals surface area (Å²) >= 11 is 0. The fourth-order valence-corrected chi connectivity index (χ4v) is 1.83. The van der Waals surface area contributed by atoms with Crippen molar-refractivity contribution in [2.75, 3.05) is 10.7 Å². The molecule has 1 saturated carbocycles. The highest BCUT2D eigenvalue weighted by Gasteiger charge is 2.25. The molecule has 0 aromatic carbocycles. The second-order valence-electron chi connectivity index (χ2n) is 4.55. The molecule has 8 nitrogen and oxygen atoms in total. The van der Waals surface area contributed by atoms with Crippen LogP contribution in [-0.2, 0) is 0 Å².